The van der Waals surface area contributed by atoms with Crippen molar-refractivity contribution in [2.24, 2.45) is 4.99 Å². The first-order valence-corrected chi connectivity index (χ1v) is 8.45. The van der Waals surface area contributed by atoms with Crippen LogP contribution in [0.4, 0.5) is 0 Å². The van der Waals surface area contributed by atoms with Gasteiger partial charge in [-0.15, -0.1) is 10.2 Å². The minimum atomic E-state index is -0.923. The topological polar surface area (TPSA) is 82.3 Å². The van der Waals surface area contributed by atoms with Gasteiger partial charge in [0.2, 0.25) is 5.82 Å². The Morgan fingerprint density at radius 1 is 1.23 bits per heavy atom. The van der Waals surface area contributed by atoms with Crippen molar-refractivity contribution in [1.82, 2.24) is 19.7 Å². The van der Waals surface area contributed by atoms with E-state index in [1.54, 1.807) is 23.9 Å². The summed E-state index contributed by atoms with van der Waals surface area (Å²) in [6, 6.07) is 13.1. The van der Waals surface area contributed by atoms with E-state index in [1.807, 2.05) is 36.4 Å². The smallest absolute Gasteiger partial charge is 0.307 e. The van der Waals surface area contributed by atoms with E-state index in [0.29, 0.717) is 28.1 Å². The molecule has 26 heavy (non-hydrogen) atoms. The number of aromatic nitrogens is 4. The van der Waals surface area contributed by atoms with Crippen molar-refractivity contribution in [3.05, 3.63) is 71.0 Å². The number of nitrogens with zero attached hydrogens (tertiary/aromatic N) is 5. The number of pyridine rings is 1. The number of benzene rings is 1. The van der Waals surface area contributed by atoms with Gasteiger partial charge >= 0.3 is 5.97 Å². The van der Waals surface area contributed by atoms with Gasteiger partial charge in [0.15, 0.2) is 0 Å². The third kappa shape index (κ3) is 2.86. The second kappa shape index (κ2) is 6.68. The second-order valence-electron chi connectivity index (χ2n) is 5.60. The van der Waals surface area contributed by atoms with Crippen molar-refractivity contribution in [3.63, 3.8) is 0 Å². The molecule has 4 rings (SSSR count). The highest BCUT2D eigenvalue weighted by molar-refractivity contribution is 6.30. The highest BCUT2D eigenvalue weighted by Crippen LogP contribution is 2.30. The third-order valence-corrected chi connectivity index (χ3v) is 4.15. The fourth-order valence-corrected chi connectivity index (χ4v) is 2.87. The molecule has 0 aliphatic carbocycles. The van der Waals surface area contributed by atoms with Gasteiger partial charge in [-0.25, -0.2) is 9.98 Å². The number of aliphatic imine (C=N–C) groups is 1. The van der Waals surface area contributed by atoms with E-state index in [9.17, 15) is 4.79 Å². The number of carbonyl (C=O) groups excluding carboxylic acids is 1. The molecule has 0 saturated carbocycles. The van der Waals surface area contributed by atoms with Crippen LogP contribution in [0.25, 0.3) is 5.69 Å². The molecule has 8 heteroatoms. The summed E-state index contributed by atoms with van der Waals surface area (Å²) in [5.41, 5.74) is 2.69. The van der Waals surface area contributed by atoms with E-state index in [2.05, 4.69) is 20.2 Å². The van der Waals surface area contributed by atoms with Crippen LogP contribution in [-0.2, 0) is 9.53 Å². The fraction of sp³-hybridized carbons (Fsp3) is 0.167. The molecule has 0 bridgehead atoms. The Kier molecular flexibility index (Phi) is 4.22. The SMILES string of the molecule is CCC(=O)OC1N=C(c2ccccc2)c2nc(Cl)ccc2-n2cnnc21. The zero-order valence-electron chi connectivity index (χ0n) is 13.8. The fourth-order valence-electron chi connectivity index (χ4n) is 2.72. The predicted molar refractivity (Wildman–Crippen MR) is 95.4 cm³/mol. The van der Waals surface area contributed by atoms with Crippen molar-refractivity contribution in [3.8, 4) is 5.69 Å². The number of carbonyl (C=O) groups is 1. The van der Waals surface area contributed by atoms with E-state index in [1.165, 1.54) is 0 Å². The molecule has 7 nitrogen and oxygen atoms in total. The number of fused-ring (bicyclic) bond motifs is 3. The van der Waals surface area contributed by atoms with Crippen molar-refractivity contribution in [2.45, 2.75) is 19.6 Å². The third-order valence-electron chi connectivity index (χ3n) is 3.94. The molecule has 0 radical (unpaired) electrons. The largest absolute Gasteiger partial charge is 0.432 e. The Morgan fingerprint density at radius 3 is 2.81 bits per heavy atom. The average Bonchev–Trinajstić information content (AvgIpc) is 3.11. The molecule has 1 aliphatic rings. The lowest BCUT2D eigenvalue weighted by molar-refractivity contribution is -0.149. The van der Waals surface area contributed by atoms with E-state index in [0.717, 1.165) is 5.56 Å². The number of rotatable bonds is 3. The van der Waals surface area contributed by atoms with Crippen molar-refractivity contribution >= 4 is 23.3 Å². The summed E-state index contributed by atoms with van der Waals surface area (Å²) >= 11 is 6.13. The van der Waals surface area contributed by atoms with Gasteiger partial charge in [0, 0.05) is 12.0 Å². The molecular weight excluding hydrogens is 354 g/mol. The summed E-state index contributed by atoms with van der Waals surface area (Å²) < 4.78 is 7.22. The molecule has 1 aliphatic heterocycles. The average molecular weight is 368 g/mol. The Labute approximate surface area is 154 Å². The molecule has 0 amide bonds. The van der Waals surface area contributed by atoms with Crippen LogP contribution in [0.15, 0.2) is 53.8 Å². The van der Waals surface area contributed by atoms with Crippen molar-refractivity contribution in [1.29, 1.82) is 0 Å². The molecule has 0 saturated heterocycles. The maximum absolute atomic E-state index is 11.9. The molecule has 130 valence electrons. The lowest BCUT2D eigenvalue weighted by atomic mass is 10.1. The Hall–Kier alpha value is -3.06. The van der Waals surface area contributed by atoms with Crippen LogP contribution in [-0.4, -0.2) is 31.4 Å². The van der Waals surface area contributed by atoms with E-state index in [-0.39, 0.29) is 12.4 Å². The minimum Gasteiger partial charge on any atom is -0.432 e. The van der Waals surface area contributed by atoms with E-state index >= 15 is 0 Å². The second-order valence-corrected chi connectivity index (χ2v) is 5.99. The first kappa shape index (κ1) is 16.4. The summed E-state index contributed by atoms with van der Waals surface area (Å²) in [5.74, 6) is 0.0285. The summed E-state index contributed by atoms with van der Waals surface area (Å²) in [6.45, 7) is 1.72. The van der Waals surface area contributed by atoms with Crippen LogP contribution >= 0.6 is 11.6 Å². The number of halogens is 1. The molecule has 3 heterocycles. The molecule has 3 aromatic rings. The highest BCUT2D eigenvalue weighted by atomic mass is 35.5. The summed E-state index contributed by atoms with van der Waals surface area (Å²) in [6.07, 6.45) is 0.853. The number of ether oxygens (including phenoxy) is 1. The quantitative estimate of drug-likeness (QED) is 0.524. The van der Waals surface area contributed by atoms with Gasteiger partial charge in [-0.05, 0) is 12.1 Å². The number of hydrogen-bond donors (Lipinski definition) is 0. The van der Waals surface area contributed by atoms with E-state index in [4.69, 9.17) is 16.3 Å². The molecule has 1 unspecified atom stereocenters. The van der Waals surface area contributed by atoms with Gasteiger partial charge in [-0.3, -0.25) is 9.36 Å². The van der Waals surface area contributed by atoms with Crippen LogP contribution in [0.2, 0.25) is 5.15 Å². The number of hydrogen-bond acceptors (Lipinski definition) is 6. The lowest BCUT2D eigenvalue weighted by Crippen LogP contribution is -2.13. The molecule has 0 N–H and O–H groups in total. The molecule has 0 fully saturated rings. The van der Waals surface area contributed by atoms with Gasteiger partial charge in [-0.2, -0.15) is 0 Å². The number of esters is 1. The maximum atomic E-state index is 11.9. The molecule has 1 atom stereocenters. The van der Waals surface area contributed by atoms with Gasteiger partial charge in [0.05, 0.1) is 11.4 Å². The Balaban J connectivity index is 1.97. The monoisotopic (exact) mass is 367 g/mol. The van der Waals surface area contributed by atoms with Crippen molar-refractivity contribution < 1.29 is 9.53 Å². The maximum Gasteiger partial charge on any atom is 0.307 e. The van der Waals surface area contributed by atoms with Crippen LogP contribution in [0.5, 0.6) is 0 Å². The van der Waals surface area contributed by atoms with Gasteiger partial charge in [0.25, 0.3) is 6.23 Å². The molecule has 1 aromatic carbocycles. The lowest BCUT2D eigenvalue weighted by Gasteiger charge is -2.12. The van der Waals surface area contributed by atoms with Crippen LogP contribution in [0, 0.1) is 0 Å². The van der Waals surface area contributed by atoms with Crippen LogP contribution in [0.3, 0.4) is 0 Å². The minimum absolute atomic E-state index is 0.234. The van der Waals surface area contributed by atoms with Gasteiger partial charge < -0.3 is 4.74 Å². The first-order valence-electron chi connectivity index (χ1n) is 8.07. The predicted octanol–water partition coefficient (Wildman–Crippen LogP) is 3.12. The van der Waals surface area contributed by atoms with E-state index < -0.39 is 6.23 Å². The summed E-state index contributed by atoms with van der Waals surface area (Å²) in [5, 5.41) is 8.38. The highest BCUT2D eigenvalue weighted by Gasteiger charge is 2.29. The molecular formula is C18H14ClN5O2. The van der Waals surface area contributed by atoms with Crippen molar-refractivity contribution in [2.75, 3.05) is 0 Å². The zero-order chi connectivity index (χ0) is 18.1. The Morgan fingerprint density at radius 2 is 2.04 bits per heavy atom. The standard InChI is InChI=1S/C18H14ClN5O2/c1-2-14(25)26-18-17-23-20-10-24(17)12-8-9-13(19)21-16(12)15(22-18)11-6-4-3-5-7-11/h3-10,18H,2H2,1H3. The summed E-state index contributed by atoms with van der Waals surface area (Å²) in [4.78, 5) is 21.0. The molecule has 2 aromatic heterocycles. The Bertz CT molecular complexity index is 1000. The van der Waals surface area contributed by atoms with Crippen LogP contribution in [0.1, 0.15) is 36.7 Å². The van der Waals surface area contributed by atoms with Gasteiger partial charge in [-0.1, -0.05) is 48.9 Å². The summed E-state index contributed by atoms with van der Waals surface area (Å²) in [7, 11) is 0. The zero-order valence-corrected chi connectivity index (χ0v) is 14.6. The normalized spacial score (nSPS) is 15.5. The first-order chi connectivity index (χ1) is 12.7. The van der Waals surface area contributed by atoms with Crippen LogP contribution < -0.4 is 0 Å². The van der Waals surface area contributed by atoms with Gasteiger partial charge in [0.1, 0.15) is 17.2 Å². The molecule has 0 spiro atoms.